The van der Waals surface area contributed by atoms with Crippen LogP contribution >= 0.6 is 0 Å². The van der Waals surface area contributed by atoms with Gasteiger partial charge in [-0.05, 0) is 16.8 Å². The molecule has 2 N–H and O–H groups in total. The van der Waals surface area contributed by atoms with E-state index in [4.69, 9.17) is 0 Å². The van der Waals surface area contributed by atoms with Gasteiger partial charge < -0.3 is 10.2 Å². The fraction of sp³-hybridized carbons (Fsp3) is 0.0769. The summed E-state index contributed by atoms with van der Waals surface area (Å²) in [5.74, 6) is -1.97. The average molecular weight is 200 g/mol. The molecular formula is C13H12O2. The molecule has 0 aromatic heterocycles. The maximum Gasteiger partial charge on any atom is 0.210 e. The Morgan fingerprint density at radius 3 is 2.40 bits per heavy atom. The van der Waals surface area contributed by atoms with E-state index in [-0.39, 0.29) is 0 Å². The van der Waals surface area contributed by atoms with Crippen molar-refractivity contribution in [1.29, 1.82) is 0 Å². The Balaban J connectivity index is 2.76. The lowest BCUT2D eigenvalue weighted by molar-refractivity contribution is -0.123. The molecular weight excluding hydrogens is 188 g/mol. The van der Waals surface area contributed by atoms with E-state index in [9.17, 15) is 10.2 Å². The second kappa shape index (κ2) is 3.50. The monoisotopic (exact) mass is 200 g/mol. The molecule has 0 saturated carbocycles. The molecule has 0 atom stereocenters. The molecule has 0 saturated heterocycles. The van der Waals surface area contributed by atoms with Crippen molar-refractivity contribution in [2.75, 3.05) is 0 Å². The van der Waals surface area contributed by atoms with Crippen LogP contribution in [-0.2, 0) is 5.79 Å². The number of rotatable bonds is 2. The SMILES string of the molecule is C=CC(O)(O)c1cccc2ccccc12. The Hall–Kier alpha value is -1.64. The highest BCUT2D eigenvalue weighted by Crippen LogP contribution is 2.27. The van der Waals surface area contributed by atoms with Crippen LogP contribution in [0.15, 0.2) is 55.1 Å². The Labute approximate surface area is 88.1 Å². The van der Waals surface area contributed by atoms with Gasteiger partial charge in [0.25, 0.3) is 0 Å². The largest absolute Gasteiger partial charge is 0.359 e. The zero-order chi connectivity index (χ0) is 10.9. The summed E-state index contributed by atoms with van der Waals surface area (Å²) in [5, 5.41) is 21.3. The summed E-state index contributed by atoms with van der Waals surface area (Å²) in [6.45, 7) is 3.42. The molecule has 0 aliphatic heterocycles. The molecule has 2 rings (SSSR count). The number of fused-ring (bicyclic) bond motifs is 1. The third-order valence-corrected chi connectivity index (χ3v) is 2.47. The van der Waals surface area contributed by atoms with Crippen molar-refractivity contribution in [2.45, 2.75) is 5.79 Å². The van der Waals surface area contributed by atoms with E-state index in [1.54, 1.807) is 12.1 Å². The molecule has 15 heavy (non-hydrogen) atoms. The number of aliphatic hydroxyl groups is 2. The lowest BCUT2D eigenvalue weighted by atomic mass is 9.98. The summed E-state index contributed by atoms with van der Waals surface area (Å²) in [4.78, 5) is 0. The van der Waals surface area contributed by atoms with Crippen molar-refractivity contribution < 1.29 is 10.2 Å². The van der Waals surface area contributed by atoms with Crippen molar-refractivity contribution in [2.24, 2.45) is 0 Å². The highest BCUT2D eigenvalue weighted by molar-refractivity contribution is 5.86. The molecule has 76 valence electrons. The fourth-order valence-corrected chi connectivity index (χ4v) is 1.66. The van der Waals surface area contributed by atoms with Gasteiger partial charge in [-0.3, -0.25) is 0 Å². The van der Waals surface area contributed by atoms with Gasteiger partial charge in [0.1, 0.15) is 0 Å². The highest BCUT2D eigenvalue weighted by Gasteiger charge is 2.22. The average Bonchev–Trinajstić information content (AvgIpc) is 2.28. The molecule has 0 amide bonds. The van der Waals surface area contributed by atoms with Gasteiger partial charge >= 0.3 is 0 Å². The zero-order valence-electron chi connectivity index (χ0n) is 8.22. The molecule has 0 aliphatic carbocycles. The van der Waals surface area contributed by atoms with Crippen molar-refractivity contribution in [1.82, 2.24) is 0 Å². The molecule has 2 heteroatoms. The first-order valence-corrected chi connectivity index (χ1v) is 4.72. The van der Waals surface area contributed by atoms with Gasteiger partial charge in [-0.15, -0.1) is 0 Å². The van der Waals surface area contributed by atoms with E-state index >= 15 is 0 Å². The maximum atomic E-state index is 9.73. The highest BCUT2D eigenvalue weighted by atomic mass is 16.5. The molecule has 0 fully saturated rings. The maximum absolute atomic E-state index is 9.73. The summed E-state index contributed by atoms with van der Waals surface area (Å²) in [7, 11) is 0. The first-order chi connectivity index (χ1) is 7.15. The molecule has 0 bridgehead atoms. The summed E-state index contributed by atoms with van der Waals surface area (Å²) < 4.78 is 0. The minimum absolute atomic E-state index is 0.454. The third-order valence-electron chi connectivity index (χ3n) is 2.47. The van der Waals surface area contributed by atoms with Crippen molar-refractivity contribution >= 4 is 10.8 Å². The Morgan fingerprint density at radius 2 is 1.67 bits per heavy atom. The molecule has 2 aromatic rings. The van der Waals surface area contributed by atoms with Crippen LogP contribution in [-0.4, -0.2) is 10.2 Å². The van der Waals surface area contributed by atoms with Crippen LogP contribution < -0.4 is 0 Å². The van der Waals surface area contributed by atoms with Gasteiger partial charge in [-0.25, -0.2) is 0 Å². The molecule has 2 nitrogen and oxygen atoms in total. The Bertz CT molecular complexity index is 495. The van der Waals surface area contributed by atoms with Gasteiger partial charge in [-0.2, -0.15) is 0 Å². The van der Waals surface area contributed by atoms with E-state index < -0.39 is 5.79 Å². The lowest BCUT2D eigenvalue weighted by Crippen LogP contribution is -2.21. The summed E-state index contributed by atoms with van der Waals surface area (Å²) in [6, 6.07) is 13.0. The van der Waals surface area contributed by atoms with Crippen LogP contribution in [0.5, 0.6) is 0 Å². The fourth-order valence-electron chi connectivity index (χ4n) is 1.66. The van der Waals surface area contributed by atoms with Crippen LogP contribution in [0.3, 0.4) is 0 Å². The molecule has 0 aliphatic rings. The van der Waals surface area contributed by atoms with E-state index in [2.05, 4.69) is 6.58 Å². The Morgan fingerprint density at radius 1 is 1.00 bits per heavy atom. The second-order valence-electron chi connectivity index (χ2n) is 3.46. The number of hydrogen-bond acceptors (Lipinski definition) is 2. The van der Waals surface area contributed by atoms with Gasteiger partial charge in [0, 0.05) is 5.56 Å². The van der Waals surface area contributed by atoms with Crippen LogP contribution in [0.4, 0.5) is 0 Å². The Kier molecular flexibility index (Phi) is 2.31. The van der Waals surface area contributed by atoms with Gasteiger partial charge in [0.05, 0.1) is 0 Å². The van der Waals surface area contributed by atoms with Gasteiger partial charge in [0.15, 0.2) is 0 Å². The summed E-state index contributed by atoms with van der Waals surface area (Å²) in [6.07, 6.45) is 1.12. The molecule has 2 aromatic carbocycles. The third kappa shape index (κ3) is 1.65. The molecule has 0 unspecified atom stereocenters. The molecule has 0 heterocycles. The quantitative estimate of drug-likeness (QED) is 0.576. The van der Waals surface area contributed by atoms with Gasteiger partial charge in [-0.1, -0.05) is 49.0 Å². The molecule has 0 spiro atoms. The van der Waals surface area contributed by atoms with Crippen LogP contribution in [0, 0.1) is 0 Å². The van der Waals surface area contributed by atoms with E-state index in [1.165, 1.54) is 0 Å². The predicted octanol–water partition coefficient (Wildman–Crippen LogP) is 2.16. The number of hydrogen-bond donors (Lipinski definition) is 2. The second-order valence-corrected chi connectivity index (χ2v) is 3.46. The summed E-state index contributed by atoms with van der Waals surface area (Å²) in [5.41, 5.74) is 0.454. The van der Waals surface area contributed by atoms with E-state index in [1.807, 2.05) is 30.3 Å². The van der Waals surface area contributed by atoms with Crippen LogP contribution in [0.2, 0.25) is 0 Å². The first-order valence-electron chi connectivity index (χ1n) is 4.72. The van der Waals surface area contributed by atoms with Crippen LogP contribution in [0.1, 0.15) is 5.56 Å². The first kappa shape index (κ1) is 9.90. The van der Waals surface area contributed by atoms with Gasteiger partial charge in [0.2, 0.25) is 5.79 Å². The minimum atomic E-state index is -1.97. The zero-order valence-corrected chi connectivity index (χ0v) is 8.22. The van der Waals surface area contributed by atoms with Crippen molar-refractivity contribution in [3.8, 4) is 0 Å². The van der Waals surface area contributed by atoms with E-state index in [0.29, 0.717) is 5.56 Å². The normalized spacial score (nSPS) is 11.6. The summed E-state index contributed by atoms with van der Waals surface area (Å²) >= 11 is 0. The standard InChI is InChI=1S/C13H12O2/c1-2-13(14,15)12-9-5-7-10-6-3-4-8-11(10)12/h2-9,14-15H,1H2. The van der Waals surface area contributed by atoms with E-state index in [0.717, 1.165) is 16.8 Å². The minimum Gasteiger partial charge on any atom is -0.359 e. The van der Waals surface area contributed by atoms with Crippen LogP contribution in [0.25, 0.3) is 10.8 Å². The topological polar surface area (TPSA) is 40.5 Å². The predicted molar refractivity (Wildman–Crippen MR) is 60.3 cm³/mol. The number of benzene rings is 2. The lowest BCUT2D eigenvalue weighted by Gasteiger charge is -2.19. The van der Waals surface area contributed by atoms with Crippen molar-refractivity contribution in [3.63, 3.8) is 0 Å². The smallest absolute Gasteiger partial charge is 0.210 e. The molecule has 0 radical (unpaired) electrons. The van der Waals surface area contributed by atoms with Crippen molar-refractivity contribution in [3.05, 3.63) is 60.7 Å².